The van der Waals surface area contributed by atoms with Crippen LogP contribution in [0.2, 0.25) is 5.02 Å². The highest BCUT2D eigenvalue weighted by Crippen LogP contribution is 2.26. The number of sulfone groups is 1. The Labute approximate surface area is 189 Å². The summed E-state index contributed by atoms with van der Waals surface area (Å²) in [5.41, 5.74) is 0.836. The summed E-state index contributed by atoms with van der Waals surface area (Å²) >= 11 is 5.86. The van der Waals surface area contributed by atoms with Crippen molar-refractivity contribution in [2.45, 2.75) is 11.8 Å². The van der Waals surface area contributed by atoms with E-state index in [2.05, 4.69) is 4.98 Å². The highest BCUT2D eigenvalue weighted by atomic mass is 35.5. The minimum absolute atomic E-state index is 0.0316. The van der Waals surface area contributed by atoms with E-state index in [-0.39, 0.29) is 10.5 Å². The molecule has 164 valence electrons. The van der Waals surface area contributed by atoms with Gasteiger partial charge < -0.3 is 9.64 Å². The summed E-state index contributed by atoms with van der Waals surface area (Å²) in [5.74, 6) is 0.326. The number of ether oxygens (including phenoxy) is 1. The molecule has 0 spiro atoms. The predicted octanol–water partition coefficient (Wildman–Crippen LogP) is 2.83. The second-order valence-electron chi connectivity index (χ2n) is 7.22. The van der Waals surface area contributed by atoms with Gasteiger partial charge in [0.1, 0.15) is 22.4 Å². The molecule has 10 heteroatoms. The molecule has 1 aliphatic rings. The van der Waals surface area contributed by atoms with Crippen molar-refractivity contribution in [2.24, 2.45) is 0 Å². The summed E-state index contributed by atoms with van der Waals surface area (Å²) in [5, 5.41) is 10.1. The van der Waals surface area contributed by atoms with Crippen LogP contribution in [0.15, 0.2) is 57.2 Å². The van der Waals surface area contributed by atoms with E-state index in [0.717, 1.165) is 11.6 Å². The molecule has 1 saturated heterocycles. The first-order valence-electron chi connectivity index (χ1n) is 9.80. The van der Waals surface area contributed by atoms with E-state index in [1.807, 2.05) is 17.9 Å². The van der Waals surface area contributed by atoms with E-state index in [9.17, 15) is 18.5 Å². The normalized spacial score (nSPS) is 15.0. The number of hydrogen-bond acceptors (Lipinski definition) is 7. The van der Waals surface area contributed by atoms with Crippen LogP contribution in [0.25, 0.3) is 11.7 Å². The Balaban J connectivity index is 1.96. The van der Waals surface area contributed by atoms with Gasteiger partial charge in [-0.25, -0.2) is 13.4 Å². The summed E-state index contributed by atoms with van der Waals surface area (Å²) in [6.07, 6.45) is 2.68. The second kappa shape index (κ2) is 8.74. The molecule has 2 aromatic heterocycles. The molecule has 0 radical (unpaired) electrons. The van der Waals surface area contributed by atoms with Crippen molar-refractivity contribution in [1.29, 1.82) is 5.26 Å². The van der Waals surface area contributed by atoms with Gasteiger partial charge in [-0.1, -0.05) is 17.7 Å². The average Bonchev–Trinajstić information content (AvgIpc) is 2.79. The van der Waals surface area contributed by atoms with Crippen LogP contribution < -0.4 is 10.5 Å². The van der Waals surface area contributed by atoms with E-state index >= 15 is 0 Å². The number of rotatable bonds is 4. The smallest absolute Gasteiger partial charge is 0.267 e. The number of fused-ring (bicyclic) bond motifs is 1. The van der Waals surface area contributed by atoms with Crippen LogP contribution in [0.1, 0.15) is 11.1 Å². The maximum atomic E-state index is 13.4. The lowest BCUT2D eigenvalue weighted by Gasteiger charge is -2.29. The van der Waals surface area contributed by atoms with Crippen LogP contribution in [-0.4, -0.2) is 44.1 Å². The summed E-state index contributed by atoms with van der Waals surface area (Å²) < 4.78 is 33.0. The molecular weight excluding hydrogens is 452 g/mol. The van der Waals surface area contributed by atoms with Crippen molar-refractivity contribution in [1.82, 2.24) is 9.38 Å². The minimum atomic E-state index is -4.17. The standard InChI is InChI=1S/C22H19ClN4O4S/c1-15-3-2-8-27-20(15)25-21(26-9-11-31-12-10-26)19(22(27)28)13-18(14-24)32(29,30)17-6-4-16(23)5-7-17/h2-8,13H,9-12H2,1H3/b18-13-. The first-order valence-corrected chi connectivity index (χ1v) is 11.7. The zero-order chi connectivity index (χ0) is 22.9. The Kier molecular flexibility index (Phi) is 6.02. The van der Waals surface area contributed by atoms with Crippen molar-refractivity contribution in [3.8, 4) is 6.07 Å². The molecule has 0 amide bonds. The number of benzene rings is 1. The van der Waals surface area contributed by atoms with Gasteiger partial charge in [0.2, 0.25) is 9.84 Å². The van der Waals surface area contributed by atoms with Crippen LogP contribution in [0.3, 0.4) is 0 Å². The highest BCUT2D eigenvalue weighted by Gasteiger charge is 2.25. The van der Waals surface area contributed by atoms with Gasteiger partial charge in [0, 0.05) is 24.3 Å². The third kappa shape index (κ3) is 4.00. The number of morpholine rings is 1. The van der Waals surface area contributed by atoms with Gasteiger partial charge in [0.25, 0.3) is 5.56 Å². The van der Waals surface area contributed by atoms with Gasteiger partial charge in [-0.15, -0.1) is 0 Å². The number of nitriles is 1. The molecule has 1 aromatic carbocycles. The number of allylic oxidation sites excluding steroid dienone is 1. The van der Waals surface area contributed by atoms with Gasteiger partial charge in [-0.05, 0) is 48.9 Å². The zero-order valence-corrected chi connectivity index (χ0v) is 18.7. The van der Waals surface area contributed by atoms with Crippen molar-refractivity contribution < 1.29 is 13.2 Å². The van der Waals surface area contributed by atoms with Crippen molar-refractivity contribution in [3.63, 3.8) is 0 Å². The van der Waals surface area contributed by atoms with Gasteiger partial charge in [0.15, 0.2) is 0 Å². The number of aryl methyl sites for hydroxylation is 1. The molecule has 0 saturated carbocycles. The third-order valence-electron chi connectivity index (χ3n) is 5.17. The first-order chi connectivity index (χ1) is 15.3. The molecule has 8 nitrogen and oxygen atoms in total. The molecule has 1 aliphatic heterocycles. The van der Waals surface area contributed by atoms with Crippen LogP contribution >= 0.6 is 11.6 Å². The Hall–Kier alpha value is -3.19. The molecule has 1 fully saturated rings. The van der Waals surface area contributed by atoms with Crippen molar-refractivity contribution in [2.75, 3.05) is 31.2 Å². The van der Waals surface area contributed by atoms with E-state index in [1.54, 1.807) is 18.3 Å². The number of nitrogens with zero attached hydrogens (tertiary/aromatic N) is 4. The first kappa shape index (κ1) is 22.0. The lowest BCUT2D eigenvalue weighted by Crippen LogP contribution is -2.38. The fourth-order valence-electron chi connectivity index (χ4n) is 3.48. The molecule has 32 heavy (non-hydrogen) atoms. The third-order valence-corrected chi connectivity index (χ3v) is 7.11. The number of pyridine rings is 1. The molecule has 0 atom stereocenters. The largest absolute Gasteiger partial charge is 0.378 e. The Bertz CT molecular complexity index is 1420. The van der Waals surface area contributed by atoms with Gasteiger partial charge in [-0.2, -0.15) is 5.26 Å². The molecular formula is C22H19ClN4O4S. The Morgan fingerprint density at radius 2 is 1.91 bits per heavy atom. The second-order valence-corrected chi connectivity index (χ2v) is 9.57. The maximum Gasteiger partial charge on any atom is 0.267 e. The monoisotopic (exact) mass is 470 g/mol. The maximum absolute atomic E-state index is 13.4. The fourth-order valence-corrected chi connectivity index (χ4v) is 4.75. The lowest BCUT2D eigenvalue weighted by molar-refractivity contribution is 0.122. The molecule has 0 aliphatic carbocycles. The molecule has 4 rings (SSSR count). The van der Waals surface area contributed by atoms with Gasteiger partial charge in [-0.3, -0.25) is 9.20 Å². The van der Waals surface area contributed by atoms with E-state index < -0.39 is 20.3 Å². The quantitative estimate of drug-likeness (QED) is 0.540. The van der Waals surface area contributed by atoms with Crippen LogP contribution in [-0.2, 0) is 14.6 Å². The molecule has 3 aromatic rings. The van der Waals surface area contributed by atoms with E-state index in [1.165, 1.54) is 28.7 Å². The van der Waals surface area contributed by atoms with Crippen molar-refractivity contribution >= 4 is 39.0 Å². The SMILES string of the molecule is Cc1cccn2c(=O)c(/C=C(/C#N)S(=O)(=O)c3ccc(Cl)cc3)c(N3CCOCC3)nc12. The van der Waals surface area contributed by atoms with Gasteiger partial charge in [0.05, 0.1) is 23.7 Å². The van der Waals surface area contributed by atoms with Crippen LogP contribution in [0, 0.1) is 18.3 Å². The zero-order valence-electron chi connectivity index (χ0n) is 17.2. The van der Waals surface area contributed by atoms with Gasteiger partial charge >= 0.3 is 0 Å². The van der Waals surface area contributed by atoms with Crippen LogP contribution in [0.4, 0.5) is 5.82 Å². The summed E-state index contributed by atoms with van der Waals surface area (Å²) in [7, 11) is -4.17. The molecule has 0 unspecified atom stereocenters. The number of anilines is 1. The van der Waals surface area contributed by atoms with E-state index in [4.69, 9.17) is 16.3 Å². The average molecular weight is 471 g/mol. The number of hydrogen-bond donors (Lipinski definition) is 0. The van der Waals surface area contributed by atoms with Crippen molar-refractivity contribution in [3.05, 3.63) is 74.0 Å². The molecule has 3 heterocycles. The van der Waals surface area contributed by atoms with Crippen LogP contribution in [0.5, 0.6) is 0 Å². The fraction of sp³-hybridized carbons (Fsp3) is 0.227. The number of aromatic nitrogens is 2. The minimum Gasteiger partial charge on any atom is -0.378 e. The predicted molar refractivity (Wildman–Crippen MR) is 121 cm³/mol. The summed E-state index contributed by atoms with van der Waals surface area (Å²) in [6.45, 7) is 3.71. The Morgan fingerprint density at radius 1 is 1.22 bits per heavy atom. The summed E-state index contributed by atoms with van der Waals surface area (Å²) in [4.78, 5) is 19.3. The highest BCUT2D eigenvalue weighted by molar-refractivity contribution is 7.95. The summed E-state index contributed by atoms with van der Waals surface area (Å²) in [6, 6.07) is 10.8. The molecule has 0 N–H and O–H groups in total. The van der Waals surface area contributed by atoms with E-state index in [0.29, 0.717) is 42.8 Å². The Morgan fingerprint density at radius 3 is 2.56 bits per heavy atom. The topological polar surface area (TPSA) is 105 Å². The molecule has 0 bridgehead atoms. The number of halogens is 1. The lowest BCUT2D eigenvalue weighted by atomic mass is 10.2.